The van der Waals surface area contributed by atoms with Gasteiger partial charge in [-0.25, -0.2) is 4.98 Å². The molecule has 0 radical (unpaired) electrons. The summed E-state index contributed by atoms with van der Waals surface area (Å²) < 4.78 is 2.10. The fourth-order valence-electron chi connectivity index (χ4n) is 1.58. The molecule has 0 aliphatic carbocycles. The minimum Gasteiger partial charge on any atom is -0.337 e. The second-order valence-electron chi connectivity index (χ2n) is 3.73. The van der Waals surface area contributed by atoms with Crippen LogP contribution in [0.5, 0.6) is 0 Å². The number of unbranched alkanes of at least 4 members (excludes halogenated alkanes) is 1. The third kappa shape index (κ3) is 4.30. The normalized spacial score (nSPS) is 9.72. The summed E-state index contributed by atoms with van der Waals surface area (Å²) in [7, 11) is 0. The van der Waals surface area contributed by atoms with Gasteiger partial charge < -0.3 is 10.3 Å². The van der Waals surface area contributed by atoms with E-state index in [0.717, 1.165) is 37.2 Å². The van der Waals surface area contributed by atoms with Gasteiger partial charge in [0.05, 0.1) is 12.0 Å². The van der Waals surface area contributed by atoms with E-state index in [-0.39, 0.29) is 0 Å². The van der Waals surface area contributed by atoms with E-state index in [4.69, 9.17) is 5.73 Å². The summed E-state index contributed by atoms with van der Waals surface area (Å²) in [6, 6.07) is 3.93. The molecule has 2 N–H and O–H groups in total. The Morgan fingerprint density at radius 1 is 1.28 bits per heavy atom. The molecule has 0 atom stereocenters. The molecular formula is C14H22N4. The van der Waals surface area contributed by atoms with E-state index in [1.165, 1.54) is 0 Å². The maximum absolute atomic E-state index is 5.46. The standard InChI is InChI=1S/C12H16N4.C2H6/c13-5-1-2-7-16-9-12(15-10-16)11-4-3-6-14-8-11;1-2/h3-4,6,8-10H,1-2,5,7,13H2;1-2H3. The lowest BCUT2D eigenvalue weighted by atomic mass is 10.2. The smallest absolute Gasteiger partial charge is 0.0953 e. The fraction of sp³-hybridized carbons (Fsp3) is 0.429. The number of nitrogens with two attached hydrogens (primary N) is 1. The molecule has 2 aromatic heterocycles. The summed E-state index contributed by atoms with van der Waals surface area (Å²) >= 11 is 0. The first kappa shape index (κ1) is 14.4. The number of rotatable bonds is 5. The average Bonchev–Trinajstić information content (AvgIpc) is 2.91. The van der Waals surface area contributed by atoms with Gasteiger partial charge in [-0.3, -0.25) is 4.98 Å². The molecule has 98 valence electrons. The van der Waals surface area contributed by atoms with Crippen molar-refractivity contribution in [3.8, 4) is 11.3 Å². The molecule has 2 heterocycles. The van der Waals surface area contributed by atoms with Crippen LogP contribution in [0.2, 0.25) is 0 Å². The van der Waals surface area contributed by atoms with Crippen molar-refractivity contribution in [1.82, 2.24) is 14.5 Å². The van der Waals surface area contributed by atoms with Crippen molar-refractivity contribution in [2.75, 3.05) is 6.54 Å². The number of imidazole rings is 1. The van der Waals surface area contributed by atoms with E-state index >= 15 is 0 Å². The number of aryl methyl sites for hydroxylation is 1. The van der Waals surface area contributed by atoms with E-state index < -0.39 is 0 Å². The van der Waals surface area contributed by atoms with Crippen molar-refractivity contribution in [3.05, 3.63) is 37.1 Å². The van der Waals surface area contributed by atoms with Gasteiger partial charge in [0, 0.05) is 30.7 Å². The van der Waals surface area contributed by atoms with Crippen molar-refractivity contribution in [1.29, 1.82) is 0 Å². The van der Waals surface area contributed by atoms with Gasteiger partial charge in [-0.05, 0) is 31.5 Å². The summed E-state index contributed by atoms with van der Waals surface area (Å²) in [5.41, 5.74) is 7.48. The van der Waals surface area contributed by atoms with Crippen LogP contribution < -0.4 is 5.73 Å². The SMILES string of the molecule is CC.NCCCCn1cnc(-c2cccnc2)c1. The first-order valence-corrected chi connectivity index (χ1v) is 6.52. The summed E-state index contributed by atoms with van der Waals surface area (Å²) in [6.07, 6.45) is 9.65. The van der Waals surface area contributed by atoms with Crippen molar-refractivity contribution in [2.45, 2.75) is 33.2 Å². The third-order valence-electron chi connectivity index (χ3n) is 2.46. The fourth-order valence-corrected chi connectivity index (χ4v) is 1.58. The number of hydrogen-bond donors (Lipinski definition) is 1. The van der Waals surface area contributed by atoms with Crippen molar-refractivity contribution < 1.29 is 0 Å². The summed E-state index contributed by atoms with van der Waals surface area (Å²) in [4.78, 5) is 8.44. The number of aromatic nitrogens is 3. The van der Waals surface area contributed by atoms with Crippen LogP contribution in [0.15, 0.2) is 37.1 Å². The Morgan fingerprint density at radius 3 is 2.78 bits per heavy atom. The topological polar surface area (TPSA) is 56.7 Å². The summed E-state index contributed by atoms with van der Waals surface area (Å²) in [6.45, 7) is 5.73. The first-order chi connectivity index (χ1) is 8.90. The molecule has 0 amide bonds. The van der Waals surface area contributed by atoms with E-state index in [1.807, 2.05) is 44.7 Å². The molecule has 4 nitrogen and oxygen atoms in total. The van der Waals surface area contributed by atoms with E-state index in [1.54, 1.807) is 6.20 Å². The molecule has 4 heteroatoms. The number of hydrogen-bond acceptors (Lipinski definition) is 3. The van der Waals surface area contributed by atoms with Gasteiger partial charge in [0.25, 0.3) is 0 Å². The van der Waals surface area contributed by atoms with Gasteiger partial charge in [-0.2, -0.15) is 0 Å². The maximum Gasteiger partial charge on any atom is 0.0953 e. The predicted molar refractivity (Wildman–Crippen MR) is 75.1 cm³/mol. The molecule has 2 aromatic rings. The zero-order valence-corrected chi connectivity index (χ0v) is 11.2. The van der Waals surface area contributed by atoms with Crippen LogP contribution >= 0.6 is 0 Å². The Morgan fingerprint density at radius 2 is 2.11 bits per heavy atom. The molecule has 0 bridgehead atoms. The van der Waals surface area contributed by atoms with Crippen LogP contribution in [0.25, 0.3) is 11.3 Å². The van der Waals surface area contributed by atoms with Gasteiger partial charge in [0.1, 0.15) is 0 Å². The van der Waals surface area contributed by atoms with Gasteiger partial charge >= 0.3 is 0 Å². The number of nitrogens with zero attached hydrogens (tertiary/aromatic N) is 3. The first-order valence-electron chi connectivity index (χ1n) is 6.52. The zero-order chi connectivity index (χ0) is 13.2. The van der Waals surface area contributed by atoms with Crippen molar-refractivity contribution >= 4 is 0 Å². The van der Waals surface area contributed by atoms with Gasteiger partial charge in [0.15, 0.2) is 0 Å². The molecule has 0 fully saturated rings. The molecule has 18 heavy (non-hydrogen) atoms. The third-order valence-corrected chi connectivity index (χ3v) is 2.46. The molecule has 0 aliphatic heterocycles. The van der Waals surface area contributed by atoms with Crippen LogP contribution in [0, 0.1) is 0 Å². The summed E-state index contributed by atoms with van der Waals surface area (Å²) in [5, 5.41) is 0. The number of pyridine rings is 1. The average molecular weight is 246 g/mol. The van der Waals surface area contributed by atoms with Crippen molar-refractivity contribution in [2.24, 2.45) is 5.73 Å². The minimum atomic E-state index is 0.754. The predicted octanol–water partition coefficient (Wildman–Crippen LogP) is 2.71. The molecule has 2 rings (SSSR count). The Bertz CT molecular complexity index is 422. The Kier molecular flexibility index (Phi) is 6.72. The van der Waals surface area contributed by atoms with Crippen LogP contribution in [0.1, 0.15) is 26.7 Å². The van der Waals surface area contributed by atoms with Crippen LogP contribution in [-0.4, -0.2) is 21.1 Å². The van der Waals surface area contributed by atoms with Crippen molar-refractivity contribution in [3.63, 3.8) is 0 Å². The highest BCUT2D eigenvalue weighted by Gasteiger charge is 2.01. The Hall–Kier alpha value is -1.68. The lowest BCUT2D eigenvalue weighted by Crippen LogP contribution is -2.01. The van der Waals surface area contributed by atoms with Gasteiger partial charge in [-0.15, -0.1) is 0 Å². The molecule has 0 aliphatic rings. The molecule has 0 saturated heterocycles. The molecule has 0 aromatic carbocycles. The minimum absolute atomic E-state index is 0.754. The maximum atomic E-state index is 5.46. The van der Waals surface area contributed by atoms with Crippen LogP contribution in [0.4, 0.5) is 0 Å². The Labute approximate surface area is 109 Å². The van der Waals surface area contributed by atoms with E-state index in [0.29, 0.717) is 0 Å². The van der Waals surface area contributed by atoms with E-state index in [2.05, 4.69) is 14.5 Å². The highest BCUT2D eigenvalue weighted by Crippen LogP contribution is 2.14. The molecule has 0 saturated carbocycles. The van der Waals surface area contributed by atoms with Gasteiger partial charge in [0.2, 0.25) is 0 Å². The molecular weight excluding hydrogens is 224 g/mol. The highest BCUT2D eigenvalue weighted by molar-refractivity contribution is 5.56. The largest absolute Gasteiger partial charge is 0.337 e. The van der Waals surface area contributed by atoms with Crippen LogP contribution in [-0.2, 0) is 6.54 Å². The highest BCUT2D eigenvalue weighted by atomic mass is 15.0. The lowest BCUT2D eigenvalue weighted by molar-refractivity contribution is 0.614. The van der Waals surface area contributed by atoms with E-state index in [9.17, 15) is 0 Å². The lowest BCUT2D eigenvalue weighted by Gasteiger charge is -1.99. The second-order valence-corrected chi connectivity index (χ2v) is 3.73. The monoisotopic (exact) mass is 246 g/mol. The Balaban J connectivity index is 0.000000771. The second kappa shape index (κ2) is 8.42. The summed E-state index contributed by atoms with van der Waals surface area (Å²) in [5.74, 6) is 0. The zero-order valence-electron chi connectivity index (χ0n) is 11.2. The quantitative estimate of drug-likeness (QED) is 0.825. The van der Waals surface area contributed by atoms with Crippen LogP contribution in [0.3, 0.4) is 0 Å². The molecule has 0 spiro atoms. The molecule has 0 unspecified atom stereocenters. The van der Waals surface area contributed by atoms with Gasteiger partial charge in [-0.1, -0.05) is 13.8 Å².